The van der Waals surface area contributed by atoms with E-state index in [9.17, 15) is 14.4 Å². The van der Waals surface area contributed by atoms with Crippen molar-refractivity contribution in [3.05, 3.63) is 134 Å². The van der Waals surface area contributed by atoms with Crippen molar-refractivity contribution in [2.75, 3.05) is 13.2 Å². The van der Waals surface area contributed by atoms with Crippen LogP contribution in [-0.4, -0.2) is 37.2 Å². The molecule has 0 unspecified atom stereocenters. The van der Waals surface area contributed by atoms with Crippen LogP contribution in [0.15, 0.2) is 134 Å². The summed E-state index contributed by atoms with van der Waals surface area (Å²) < 4.78 is 16.8. The average molecular weight is 1010 g/mol. The molecule has 73 heavy (non-hydrogen) atoms. The van der Waals surface area contributed by atoms with Gasteiger partial charge in [-0.05, 0) is 122 Å². The van der Waals surface area contributed by atoms with Crippen LogP contribution in [0.25, 0.3) is 0 Å². The van der Waals surface area contributed by atoms with Crippen LogP contribution in [0.4, 0.5) is 0 Å². The Morgan fingerprint density at radius 3 is 0.986 bits per heavy atom. The summed E-state index contributed by atoms with van der Waals surface area (Å²) in [5.41, 5.74) is 0. The minimum atomic E-state index is -0.847. The molecule has 0 aliphatic rings. The molecule has 0 amide bonds. The molecule has 0 heterocycles. The maximum absolute atomic E-state index is 12.8. The zero-order chi connectivity index (χ0) is 52.9. The monoisotopic (exact) mass is 1010 g/mol. The molecule has 6 nitrogen and oxygen atoms in total. The smallest absolute Gasteiger partial charge is 0.306 e. The highest BCUT2D eigenvalue weighted by Gasteiger charge is 2.19. The maximum Gasteiger partial charge on any atom is 0.306 e. The van der Waals surface area contributed by atoms with Gasteiger partial charge in [0.1, 0.15) is 13.2 Å². The van der Waals surface area contributed by atoms with Gasteiger partial charge in [0.2, 0.25) is 0 Å². The molecule has 0 bridgehead atoms. The lowest BCUT2D eigenvalue weighted by Crippen LogP contribution is -2.30. The second-order valence-corrected chi connectivity index (χ2v) is 19.2. The van der Waals surface area contributed by atoms with Crippen molar-refractivity contribution in [1.82, 2.24) is 0 Å². The van der Waals surface area contributed by atoms with E-state index in [4.69, 9.17) is 14.2 Å². The van der Waals surface area contributed by atoms with E-state index in [1.807, 2.05) is 12.2 Å². The number of carbonyl (C=O) groups excluding carboxylic acids is 3. The summed E-state index contributed by atoms with van der Waals surface area (Å²) in [5.74, 6) is -1.08. The Labute approximate surface area is 449 Å². The number of carbonyl (C=O) groups is 3. The summed E-state index contributed by atoms with van der Waals surface area (Å²) in [5, 5.41) is 0. The van der Waals surface area contributed by atoms with Crippen LogP contribution in [0.2, 0.25) is 0 Å². The van der Waals surface area contributed by atoms with Crippen LogP contribution in [0.1, 0.15) is 252 Å². The summed E-state index contributed by atoms with van der Waals surface area (Å²) in [4.78, 5) is 38.2. The normalized spacial score (nSPS) is 13.1. The molecular formula is C67H108O6. The average Bonchev–Trinajstić information content (AvgIpc) is 3.39. The van der Waals surface area contributed by atoms with Gasteiger partial charge < -0.3 is 14.2 Å². The second-order valence-electron chi connectivity index (χ2n) is 19.2. The molecule has 6 heteroatoms. The lowest BCUT2D eigenvalue weighted by Gasteiger charge is -2.18. The quantitative estimate of drug-likeness (QED) is 0.0261. The Bertz CT molecular complexity index is 1580. The van der Waals surface area contributed by atoms with Crippen molar-refractivity contribution >= 4 is 17.9 Å². The standard InChI is InChI=1S/C67H108O6/c1-4-7-10-13-16-19-22-25-28-31-33-36-39-42-45-48-51-54-57-60-66(69)72-63-64(62-71-65(68)59-56-53-50-47-44-41-38-35-30-27-24-21-18-15-12-9-6-3)73-67(70)61-58-55-52-49-46-43-40-37-34-32-29-26-23-20-17-14-11-8-5-2/h9,12,17-18,20-21,25-30,34,37-38,41,43,46-47,50,52,55,64H,4-8,10-11,13-16,19,22-24,31-33,35-36,39-40,42,44-45,48-49,51,53-54,56-63H2,1-3H3/b12-9-,20-17-,21-18-,28-25-,29-26-,30-27-,37-34-,41-38-,46-43-,50-47-,55-52-/t64-/m1/s1. The first-order valence-corrected chi connectivity index (χ1v) is 29.7. The molecule has 0 N–H and O–H groups in total. The second kappa shape index (κ2) is 60.1. The van der Waals surface area contributed by atoms with Gasteiger partial charge in [-0.2, -0.15) is 0 Å². The molecule has 412 valence electrons. The third-order valence-electron chi connectivity index (χ3n) is 12.1. The van der Waals surface area contributed by atoms with E-state index >= 15 is 0 Å². The van der Waals surface area contributed by atoms with Gasteiger partial charge in [0.05, 0.1) is 0 Å². The fraction of sp³-hybridized carbons (Fsp3) is 0.627. The van der Waals surface area contributed by atoms with E-state index in [0.717, 1.165) is 83.5 Å². The Morgan fingerprint density at radius 2 is 0.575 bits per heavy atom. The van der Waals surface area contributed by atoms with Crippen molar-refractivity contribution in [3.63, 3.8) is 0 Å². The van der Waals surface area contributed by atoms with E-state index in [1.54, 1.807) is 0 Å². The largest absolute Gasteiger partial charge is 0.462 e. The third-order valence-corrected chi connectivity index (χ3v) is 12.1. The van der Waals surface area contributed by atoms with Crippen LogP contribution in [0, 0.1) is 0 Å². The topological polar surface area (TPSA) is 78.9 Å². The first-order chi connectivity index (χ1) is 36.0. The zero-order valence-corrected chi connectivity index (χ0v) is 47.1. The zero-order valence-electron chi connectivity index (χ0n) is 47.1. The number of esters is 3. The molecule has 0 aromatic carbocycles. The van der Waals surface area contributed by atoms with E-state index in [0.29, 0.717) is 19.3 Å². The summed E-state index contributed by atoms with van der Waals surface area (Å²) in [6.07, 6.45) is 84.6. The molecule has 0 saturated heterocycles. The minimum absolute atomic E-state index is 0.130. The molecule has 0 aromatic rings. The molecule has 1 atom stereocenters. The van der Waals surface area contributed by atoms with Crippen molar-refractivity contribution in [1.29, 1.82) is 0 Å². The van der Waals surface area contributed by atoms with Gasteiger partial charge in [-0.15, -0.1) is 0 Å². The fourth-order valence-electron chi connectivity index (χ4n) is 7.69. The predicted octanol–water partition coefficient (Wildman–Crippen LogP) is 20.2. The van der Waals surface area contributed by atoms with Gasteiger partial charge in [-0.25, -0.2) is 0 Å². The fourth-order valence-corrected chi connectivity index (χ4v) is 7.69. The van der Waals surface area contributed by atoms with Gasteiger partial charge in [-0.1, -0.05) is 244 Å². The van der Waals surface area contributed by atoms with Gasteiger partial charge >= 0.3 is 17.9 Å². The van der Waals surface area contributed by atoms with Crippen molar-refractivity contribution in [2.45, 2.75) is 258 Å². The molecule has 0 aliphatic carbocycles. The Hall–Kier alpha value is -4.45. The highest BCUT2D eigenvalue weighted by molar-refractivity contribution is 5.71. The van der Waals surface area contributed by atoms with Gasteiger partial charge in [-0.3, -0.25) is 14.4 Å². The van der Waals surface area contributed by atoms with Gasteiger partial charge in [0.15, 0.2) is 6.10 Å². The van der Waals surface area contributed by atoms with Crippen LogP contribution >= 0.6 is 0 Å². The number of hydrogen-bond acceptors (Lipinski definition) is 6. The SMILES string of the molecule is CC/C=C\C/C=C\C/C=C\C/C=C\C/C=C\CCCC(=O)OC[C@H](COC(=O)CCCCCCCCCCC/C=C\CCCCCCCC)OC(=O)CC/C=C\C/C=C\C/C=C\C/C=C\C/C=C\CCCCC. The van der Waals surface area contributed by atoms with E-state index in [-0.39, 0.29) is 38.0 Å². The third kappa shape index (κ3) is 58.3. The lowest BCUT2D eigenvalue weighted by atomic mass is 10.1. The van der Waals surface area contributed by atoms with Crippen LogP contribution in [0.5, 0.6) is 0 Å². The Balaban J connectivity index is 4.59. The molecular weight excluding hydrogens is 901 g/mol. The van der Waals surface area contributed by atoms with Crippen molar-refractivity contribution in [2.24, 2.45) is 0 Å². The van der Waals surface area contributed by atoms with Gasteiger partial charge in [0.25, 0.3) is 0 Å². The molecule has 0 fully saturated rings. The number of ether oxygens (including phenoxy) is 3. The summed E-state index contributed by atoms with van der Waals surface area (Å²) in [7, 11) is 0. The highest BCUT2D eigenvalue weighted by atomic mass is 16.6. The van der Waals surface area contributed by atoms with Crippen LogP contribution in [-0.2, 0) is 28.6 Å². The first kappa shape index (κ1) is 68.6. The molecule has 0 saturated carbocycles. The molecule has 0 rings (SSSR count). The number of allylic oxidation sites excluding steroid dienone is 22. The molecule has 0 aromatic heterocycles. The van der Waals surface area contributed by atoms with E-state index in [1.165, 1.54) is 116 Å². The van der Waals surface area contributed by atoms with Crippen LogP contribution < -0.4 is 0 Å². The molecule has 0 aliphatic heterocycles. The molecule has 0 spiro atoms. The van der Waals surface area contributed by atoms with E-state index in [2.05, 4.69) is 142 Å². The maximum atomic E-state index is 12.8. The summed E-state index contributed by atoms with van der Waals surface area (Å²) >= 11 is 0. The van der Waals surface area contributed by atoms with Crippen LogP contribution in [0.3, 0.4) is 0 Å². The number of rotatable bonds is 52. The van der Waals surface area contributed by atoms with E-state index < -0.39 is 12.1 Å². The summed E-state index contributed by atoms with van der Waals surface area (Å²) in [6.45, 7) is 6.38. The Kier molecular flexibility index (Phi) is 56.4. The van der Waals surface area contributed by atoms with Gasteiger partial charge in [0, 0.05) is 19.3 Å². The number of unbranched alkanes of at least 4 members (excludes halogenated alkanes) is 19. The molecule has 0 radical (unpaired) electrons. The Morgan fingerprint density at radius 1 is 0.288 bits per heavy atom. The minimum Gasteiger partial charge on any atom is -0.462 e. The highest BCUT2D eigenvalue weighted by Crippen LogP contribution is 2.14. The summed E-state index contributed by atoms with van der Waals surface area (Å²) in [6, 6.07) is 0. The number of hydrogen-bond donors (Lipinski definition) is 0. The predicted molar refractivity (Wildman–Crippen MR) is 316 cm³/mol. The van der Waals surface area contributed by atoms with Crippen molar-refractivity contribution < 1.29 is 28.6 Å². The lowest BCUT2D eigenvalue weighted by molar-refractivity contribution is -0.166. The first-order valence-electron chi connectivity index (χ1n) is 29.7. The van der Waals surface area contributed by atoms with Crippen molar-refractivity contribution in [3.8, 4) is 0 Å².